The van der Waals surface area contributed by atoms with Crippen LogP contribution in [0.15, 0.2) is 36.7 Å². The van der Waals surface area contributed by atoms with E-state index in [9.17, 15) is 0 Å². The molecule has 0 atom stereocenters. The van der Waals surface area contributed by atoms with Gasteiger partial charge in [-0.2, -0.15) is 5.10 Å². The molecule has 0 fully saturated rings. The molecule has 4 aromatic rings. The second-order valence-electron chi connectivity index (χ2n) is 7.82. The largest absolute Gasteiger partial charge is 0.380 e. The molecule has 0 spiro atoms. The van der Waals surface area contributed by atoms with E-state index in [2.05, 4.69) is 61.0 Å². The SMILES string of the molecule is Cc1ccc(C(C)(C)C)cc1-c1cnc2c(N)nc(-c3ccnn3C)nn12. The van der Waals surface area contributed by atoms with Gasteiger partial charge in [0.25, 0.3) is 0 Å². The molecule has 0 radical (unpaired) electrons. The molecule has 0 amide bonds. The summed E-state index contributed by atoms with van der Waals surface area (Å²) in [6.07, 6.45) is 3.52. The van der Waals surface area contributed by atoms with Crippen LogP contribution >= 0.6 is 0 Å². The average Bonchev–Trinajstić information content (AvgIpc) is 3.20. The van der Waals surface area contributed by atoms with Gasteiger partial charge in [0.2, 0.25) is 0 Å². The first-order valence-corrected chi connectivity index (χ1v) is 8.87. The molecule has 0 bridgehead atoms. The first-order chi connectivity index (χ1) is 12.8. The third-order valence-electron chi connectivity index (χ3n) is 4.82. The molecule has 0 saturated heterocycles. The Morgan fingerprint density at radius 3 is 2.52 bits per heavy atom. The molecule has 138 valence electrons. The molecule has 0 aliphatic heterocycles. The summed E-state index contributed by atoms with van der Waals surface area (Å²) in [5, 5.41) is 8.91. The predicted octanol–water partition coefficient (Wildman–Crippen LogP) is 3.38. The Labute approximate surface area is 157 Å². The van der Waals surface area contributed by atoms with Crippen LogP contribution in [0.4, 0.5) is 5.82 Å². The van der Waals surface area contributed by atoms with Gasteiger partial charge < -0.3 is 5.73 Å². The quantitative estimate of drug-likeness (QED) is 0.591. The van der Waals surface area contributed by atoms with Crippen molar-refractivity contribution in [2.24, 2.45) is 7.05 Å². The summed E-state index contributed by atoms with van der Waals surface area (Å²) in [6, 6.07) is 8.39. The maximum Gasteiger partial charge on any atom is 0.200 e. The van der Waals surface area contributed by atoms with E-state index in [4.69, 9.17) is 10.8 Å². The van der Waals surface area contributed by atoms with Crippen LogP contribution in [-0.4, -0.2) is 29.4 Å². The zero-order chi connectivity index (χ0) is 19.3. The normalized spacial score (nSPS) is 12.0. The molecule has 2 N–H and O–H groups in total. The van der Waals surface area contributed by atoms with Crippen molar-refractivity contribution in [1.82, 2.24) is 29.4 Å². The van der Waals surface area contributed by atoms with E-state index >= 15 is 0 Å². The zero-order valence-corrected chi connectivity index (χ0v) is 16.2. The topological polar surface area (TPSA) is 86.9 Å². The van der Waals surface area contributed by atoms with Gasteiger partial charge in [-0.25, -0.2) is 14.5 Å². The van der Waals surface area contributed by atoms with Crippen LogP contribution in [0, 0.1) is 6.92 Å². The summed E-state index contributed by atoms with van der Waals surface area (Å²) in [5.74, 6) is 0.862. The van der Waals surface area contributed by atoms with Crippen LogP contribution in [0.3, 0.4) is 0 Å². The molecule has 0 unspecified atom stereocenters. The number of aromatic nitrogens is 6. The van der Waals surface area contributed by atoms with E-state index in [1.54, 1.807) is 15.4 Å². The smallest absolute Gasteiger partial charge is 0.200 e. The van der Waals surface area contributed by atoms with Crippen molar-refractivity contribution in [3.63, 3.8) is 0 Å². The van der Waals surface area contributed by atoms with Gasteiger partial charge in [-0.05, 0) is 35.6 Å². The highest BCUT2D eigenvalue weighted by Crippen LogP contribution is 2.31. The minimum absolute atomic E-state index is 0.0524. The molecule has 0 aliphatic carbocycles. The number of nitrogen functional groups attached to an aromatic ring is 1. The molecule has 27 heavy (non-hydrogen) atoms. The summed E-state index contributed by atoms with van der Waals surface area (Å²) < 4.78 is 3.50. The number of hydrogen-bond acceptors (Lipinski definition) is 5. The number of hydrogen-bond donors (Lipinski definition) is 1. The van der Waals surface area contributed by atoms with Gasteiger partial charge >= 0.3 is 0 Å². The lowest BCUT2D eigenvalue weighted by Gasteiger charge is -2.20. The van der Waals surface area contributed by atoms with Gasteiger partial charge in [0.05, 0.1) is 11.9 Å². The van der Waals surface area contributed by atoms with Gasteiger partial charge in [0, 0.05) is 18.8 Å². The van der Waals surface area contributed by atoms with Crippen molar-refractivity contribution in [3.8, 4) is 22.8 Å². The van der Waals surface area contributed by atoms with Crippen LogP contribution < -0.4 is 5.73 Å². The molecule has 4 rings (SSSR count). The van der Waals surface area contributed by atoms with E-state index in [1.807, 2.05) is 19.3 Å². The fourth-order valence-corrected chi connectivity index (χ4v) is 3.15. The van der Waals surface area contributed by atoms with Gasteiger partial charge in [-0.1, -0.05) is 32.9 Å². The van der Waals surface area contributed by atoms with Crippen molar-refractivity contribution < 1.29 is 0 Å². The number of aryl methyl sites for hydroxylation is 2. The predicted molar refractivity (Wildman–Crippen MR) is 106 cm³/mol. The van der Waals surface area contributed by atoms with Crippen LogP contribution in [-0.2, 0) is 12.5 Å². The highest BCUT2D eigenvalue weighted by Gasteiger charge is 2.19. The highest BCUT2D eigenvalue weighted by atomic mass is 15.3. The molecule has 3 aromatic heterocycles. The first-order valence-electron chi connectivity index (χ1n) is 8.87. The lowest BCUT2D eigenvalue weighted by Crippen LogP contribution is -2.11. The zero-order valence-electron chi connectivity index (χ0n) is 16.2. The fourth-order valence-electron chi connectivity index (χ4n) is 3.15. The monoisotopic (exact) mass is 361 g/mol. The second kappa shape index (κ2) is 5.90. The molecule has 0 saturated carbocycles. The summed E-state index contributed by atoms with van der Waals surface area (Å²) in [5.41, 5.74) is 12.0. The number of nitrogens with zero attached hydrogens (tertiary/aromatic N) is 6. The Kier molecular flexibility index (Phi) is 3.76. The van der Waals surface area contributed by atoms with E-state index in [0.29, 0.717) is 17.3 Å². The molecule has 7 heteroatoms. The van der Waals surface area contributed by atoms with Crippen molar-refractivity contribution >= 4 is 11.5 Å². The van der Waals surface area contributed by atoms with E-state index in [-0.39, 0.29) is 5.41 Å². The molecule has 7 nitrogen and oxygen atoms in total. The Balaban J connectivity index is 1.96. The lowest BCUT2D eigenvalue weighted by atomic mass is 9.85. The van der Waals surface area contributed by atoms with Gasteiger partial charge in [0.1, 0.15) is 5.69 Å². The average molecular weight is 361 g/mol. The maximum atomic E-state index is 6.18. The second-order valence-corrected chi connectivity index (χ2v) is 7.82. The Morgan fingerprint density at radius 2 is 1.85 bits per heavy atom. The molecular weight excluding hydrogens is 338 g/mol. The van der Waals surface area contributed by atoms with Gasteiger partial charge in [0.15, 0.2) is 17.3 Å². The fraction of sp³-hybridized carbons (Fsp3) is 0.300. The van der Waals surface area contributed by atoms with Gasteiger partial charge in [-0.15, -0.1) is 5.10 Å². The molecular formula is C20H23N7. The summed E-state index contributed by atoms with van der Waals surface area (Å²) in [6.45, 7) is 8.71. The highest BCUT2D eigenvalue weighted by molar-refractivity contribution is 5.72. The van der Waals surface area contributed by atoms with Crippen LogP contribution in [0.5, 0.6) is 0 Å². The lowest BCUT2D eigenvalue weighted by molar-refractivity contribution is 0.590. The molecule has 1 aromatic carbocycles. The minimum atomic E-state index is 0.0524. The number of anilines is 1. The van der Waals surface area contributed by atoms with E-state index in [1.165, 1.54) is 5.56 Å². The number of nitrogens with two attached hydrogens (primary N) is 1. The third-order valence-corrected chi connectivity index (χ3v) is 4.82. The third kappa shape index (κ3) is 2.85. The molecule has 3 heterocycles. The Morgan fingerprint density at radius 1 is 1.07 bits per heavy atom. The van der Waals surface area contributed by atoms with Crippen molar-refractivity contribution in [2.75, 3.05) is 5.73 Å². The Hall–Kier alpha value is -3.22. The number of rotatable bonds is 2. The molecule has 0 aliphatic rings. The number of imidazole rings is 1. The van der Waals surface area contributed by atoms with Crippen LogP contribution in [0.2, 0.25) is 0 Å². The Bertz CT molecular complexity index is 1150. The van der Waals surface area contributed by atoms with Gasteiger partial charge in [-0.3, -0.25) is 4.68 Å². The summed E-state index contributed by atoms with van der Waals surface area (Å²) in [4.78, 5) is 8.88. The summed E-state index contributed by atoms with van der Waals surface area (Å²) >= 11 is 0. The number of benzene rings is 1. The minimum Gasteiger partial charge on any atom is -0.380 e. The standard InChI is InChI=1S/C20H23N7/c1-12-6-7-13(20(2,3)4)10-14(12)16-11-22-19-17(21)24-18(25-27(16)19)15-8-9-23-26(15)5/h6-11H,1-5H3,(H2,21,24,25). The van der Waals surface area contributed by atoms with E-state index in [0.717, 1.165) is 22.5 Å². The summed E-state index contributed by atoms with van der Waals surface area (Å²) in [7, 11) is 1.85. The van der Waals surface area contributed by atoms with Crippen molar-refractivity contribution in [2.45, 2.75) is 33.1 Å². The first kappa shape index (κ1) is 17.2. The van der Waals surface area contributed by atoms with Crippen molar-refractivity contribution in [1.29, 1.82) is 0 Å². The van der Waals surface area contributed by atoms with Crippen LogP contribution in [0.25, 0.3) is 28.4 Å². The van der Waals surface area contributed by atoms with E-state index < -0.39 is 0 Å². The maximum absolute atomic E-state index is 6.18. The van der Waals surface area contributed by atoms with Crippen molar-refractivity contribution in [3.05, 3.63) is 47.8 Å². The van der Waals surface area contributed by atoms with Crippen LogP contribution in [0.1, 0.15) is 31.9 Å². The number of fused-ring (bicyclic) bond motifs is 1.